The third-order valence-corrected chi connectivity index (χ3v) is 7.40. The number of phenolic OH excluding ortho intramolecular Hbond substituents is 1. The number of hydrogen-bond donors (Lipinski definition) is 1. The Morgan fingerprint density at radius 3 is 1.86 bits per heavy atom. The summed E-state index contributed by atoms with van der Waals surface area (Å²) in [5.41, 5.74) is 3.13. The van der Waals surface area contributed by atoms with Gasteiger partial charge in [-0.3, -0.25) is 0 Å². The average molecular weight is 415 g/mol. The molecule has 0 bridgehead atoms. The van der Waals surface area contributed by atoms with Crippen LogP contribution in [-0.2, 0) is 16.9 Å². The van der Waals surface area contributed by atoms with E-state index in [1.165, 1.54) is 5.56 Å². The summed E-state index contributed by atoms with van der Waals surface area (Å²) >= 11 is 0. The summed E-state index contributed by atoms with van der Waals surface area (Å²) in [5, 5.41) is 10.6. The van der Waals surface area contributed by atoms with Crippen molar-refractivity contribution in [3.8, 4) is 17.2 Å². The molecule has 29 heavy (non-hydrogen) atoms. The molecule has 0 aliphatic carbocycles. The van der Waals surface area contributed by atoms with E-state index in [2.05, 4.69) is 66.8 Å². The molecular formula is C25H38O3Si. The van der Waals surface area contributed by atoms with Gasteiger partial charge in [-0.05, 0) is 41.1 Å². The van der Waals surface area contributed by atoms with Gasteiger partial charge in [0.15, 0.2) is 0 Å². The molecule has 2 rings (SSSR count). The smallest absolute Gasteiger partial charge is 0.123 e. The summed E-state index contributed by atoms with van der Waals surface area (Å²) in [6.07, 6.45) is 0.733. The number of benzene rings is 2. The standard InChI is InChI=1S/C25H38O3Si/c1-24(2,3)22-20(26)14-15-21(23(22)25(4,5)6)28-17-29(8,9)16-18-10-12-19(27-7)13-11-18/h10-15,26H,16-17H2,1-9H3. The van der Waals surface area contributed by atoms with E-state index in [0.29, 0.717) is 5.75 Å². The van der Waals surface area contributed by atoms with Gasteiger partial charge >= 0.3 is 0 Å². The van der Waals surface area contributed by atoms with Gasteiger partial charge in [-0.25, -0.2) is 0 Å². The van der Waals surface area contributed by atoms with Crippen LogP contribution in [0.25, 0.3) is 0 Å². The van der Waals surface area contributed by atoms with Crippen LogP contribution in [0.3, 0.4) is 0 Å². The molecule has 0 aliphatic heterocycles. The van der Waals surface area contributed by atoms with Crippen molar-refractivity contribution < 1.29 is 14.6 Å². The maximum absolute atomic E-state index is 10.6. The zero-order chi connectivity index (χ0) is 22.0. The molecular weight excluding hydrogens is 376 g/mol. The normalized spacial score (nSPS) is 12.7. The summed E-state index contributed by atoms with van der Waals surface area (Å²) < 4.78 is 11.7. The van der Waals surface area contributed by atoms with E-state index in [4.69, 9.17) is 9.47 Å². The Kier molecular flexibility index (Phi) is 6.78. The minimum absolute atomic E-state index is 0.127. The van der Waals surface area contributed by atoms with E-state index in [9.17, 15) is 5.11 Å². The second kappa shape index (κ2) is 8.43. The highest BCUT2D eigenvalue weighted by Crippen LogP contribution is 2.44. The van der Waals surface area contributed by atoms with Gasteiger partial charge in [0, 0.05) is 11.1 Å². The van der Waals surface area contributed by atoms with Gasteiger partial charge in [-0.15, -0.1) is 0 Å². The molecule has 0 amide bonds. The number of methoxy groups -OCH3 is 1. The first-order valence-electron chi connectivity index (χ1n) is 10.4. The second-order valence-electron chi connectivity index (χ2n) is 10.8. The third-order valence-electron chi connectivity index (χ3n) is 5.11. The summed E-state index contributed by atoms with van der Waals surface area (Å²) in [6, 6.07) is 13.1. The summed E-state index contributed by atoms with van der Waals surface area (Å²) in [4.78, 5) is 0. The third kappa shape index (κ3) is 6.02. The molecule has 0 saturated heterocycles. The maximum Gasteiger partial charge on any atom is 0.123 e. The van der Waals surface area contributed by atoms with Gasteiger partial charge in [0.05, 0.1) is 21.4 Å². The zero-order valence-corrected chi connectivity index (χ0v) is 20.6. The largest absolute Gasteiger partial charge is 0.508 e. The molecule has 3 nitrogen and oxygen atoms in total. The Morgan fingerprint density at radius 1 is 0.828 bits per heavy atom. The quantitative estimate of drug-likeness (QED) is 0.556. The number of phenols is 1. The van der Waals surface area contributed by atoms with Crippen molar-refractivity contribution in [1.82, 2.24) is 0 Å². The highest BCUT2D eigenvalue weighted by molar-refractivity contribution is 6.76. The van der Waals surface area contributed by atoms with Gasteiger partial charge in [-0.2, -0.15) is 0 Å². The first-order valence-corrected chi connectivity index (χ1v) is 13.8. The van der Waals surface area contributed by atoms with Crippen LogP contribution >= 0.6 is 0 Å². The lowest BCUT2D eigenvalue weighted by molar-refractivity contribution is 0.355. The molecule has 0 heterocycles. The van der Waals surface area contributed by atoms with E-state index in [0.717, 1.165) is 34.9 Å². The van der Waals surface area contributed by atoms with Gasteiger partial charge in [0.2, 0.25) is 0 Å². The lowest BCUT2D eigenvalue weighted by Crippen LogP contribution is -2.38. The summed E-state index contributed by atoms with van der Waals surface area (Å²) in [5.74, 6) is 2.14. The first kappa shape index (κ1) is 23.3. The highest BCUT2D eigenvalue weighted by Gasteiger charge is 2.32. The highest BCUT2D eigenvalue weighted by atomic mass is 28.3. The molecule has 0 aromatic heterocycles. The maximum atomic E-state index is 10.6. The number of aromatic hydroxyl groups is 1. The van der Waals surface area contributed by atoms with Crippen LogP contribution in [0.2, 0.25) is 13.1 Å². The number of hydrogen-bond acceptors (Lipinski definition) is 3. The van der Waals surface area contributed by atoms with E-state index in [1.54, 1.807) is 13.2 Å². The van der Waals surface area contributed by atoms with Crippen molar-refractivity contribution >= 4 is 8.07 Å². The van der Waals surface area contributed by atoms with Crippen LogP contribution in [0.5, 0.6) is 17.2 Å². The van der Waals surface area contributed by atoms with E-state index < -0.39 is 8.07 Å². The molecule has 0 saturated carbocycles. The number of ether oxygens (including phenoxy) is 2. The van der Waals surface area contributed by atoms with E-state index in [1.807, 2.05) is 18.2 Å². The Labute approximate surface area is 178 Å². The van der Waals surface area contributed by atoms with Crippen molar-refractivity contribution in [3.63, 3.8) is 0 Å². The van der Waals surface area contributed by atoms with Gasteiger partial charge in [-0.1, -0.05) is 72.3 Å². The minimum atomic E-state index is -1.64. The SMILES string of the molecule is COc1ccc(C[Si](C)(C)COc2ccc(O)c(C(C)(C)C)c2C(C)(C)C)cc1. The monoisotopic (exact) mass is 414 g/mol. The molecule has 0 aliphatic rings. The van der Waals surface area contributed by atoms with Gasteiger partial charge in [0.25, 0.3) is 0 Å². The molecule has 0 radical (unpaired) electrons. The van der Waals surface area contributed by atoms with Crippen LogP contribution in [0.1, 0.15) is 58.2 Å². The predicted octanol–water partition coefficient (Wildman–Crippen LogP) is 6.40. The molecule has 0 unspecified atom stereocenters. The van der Waals surface area contributed by atoms with E-state index in [-0.39, 0.29) is 10.8 Å². The molecule has 2 aromatic carbocycles. The summed E-state index contributed by atoms with van der Waals surface area (Å²) in [7, 11) is 0.0534. The number of rotatable bonds is 6. The van der Waals surface area contributed by atoms with Crippen LogP contribution in [-0.4, -0.2) is 26.5 Å². The minimum Gasteiger partial charge on any atom is -0.508 e. The van der Waals surface area contributed by atoms with Crippen molar-refractivity contribution in [3.05, 3.63) is 53.1 Å². The summed E-state index contributed by atoms with van der Waals surface area (Å²) in [6.45, 7) is 17.7. The van der Waals surface area contributed by atoms with Crippen LogP contribution in [0, 0.1) is 0 Å². The van der Waals surface area contributed by atoms with Crippen molar-refractivity contribution in [2.45, 2.75) is 71.5 Å². The Hall–Kier alpha value is -1.94. The first-order chi connectivity index (χ1) is 13.2. The second-order valence-corrected chi connectivity index (χ2v) is 15.8. The fourth-order valence-corrected chi connectivity index (χ4v) is 5.81. The fraction of sp³-hybridized carbons (Fsp3) is 0.520. The van der Waals surface area contributed by atoms with Crippen LogP contribution in [0.4, 0.5) is 0 Å². The van der Waals surface area contributed by atoms with Crippen LogP contribution in [0.15, 0.2) is 36.4 Å². The molecule has 1 N–H and O–H groups in total. The fourth-order valence-electron chi connectivity index (χ4n) is 3.82. The van der Waals surface area contributed by atoms with Gasteiger partial charge in [0.1, 0.15) is 17.2 Å². The van der Waals surface area contributed by atoms with Gasteiger partial charge < -0.3 is 14.6 Å². The predicted molar refractivity (Wildman–Crippen MR) is 125 cm³/mol. The Balaban J connectivity index is 2.29. The van der Waals surface area contributed by atoms with Crippen molar-refractivity contribution in [1.29, 1.82) is 0 Å². The van der Waals surface area contributed by atoms with Crippen molar-refractivity contribution in [2.24, 2.45) is 0 Å². The molecule has 4 heteroatoms. The van der Waals surface area contributed by atoms with Crippen LogP contribution < -0.4 is 9.47 Å². The van der Waals surface area contributed by atoms with Crippen molar-refractivity contribution in [2.75, 3.05) is 13.3 Å². The molecule has 0 fully saturated rings. The average Bonchev–Trinajstić information content (AvgIpc) is 2.59. The molecule has 0 spiro atoms. The lowest BCUT2D eigenvalue weighted by atomic mass is 9.74. The molecule has 2 aromatic rings. The van der Waals surface area contributed by atoms with E-state index >= 15 is 0 Å². The zero-order valence-electron chi connectivity index (χ0n) is 19.6. The molecule has 160 valence electrons. The topological polar surface area (TPSA) is 38.7 Å². The Morgan fingerprint density at radius 2 is 1.38 bits per heavy atom. The molecule has 0 atom stereocenters. The Bertz CT molecular complexity index is 825. The lowest BCUT2D eigenvalue weighted by Gasteiger charge is -2.33.